The highest BCUT2D eigenvalue weighted by Crippen LogP contribution is 2.14. The third-order valence-electron chi connectivity index (χ3n) is 3.08. The number of nitrogens with zero attached hydrogens (tertiary/aromatic N) is 1. The van der Waals surface area contributed by atoms with Crippen molar-refractivity contribution in [1.29, 1.82) is 0 Å². The van der Waals surface area contributed by atoms with E-state index in [1.807, 2.05) is 7.05 Å². The number of morpholine rings is 1. The summed E-state index contributed by atoms with van der Waals surface area (Å²) in [5, 5.41) is 3.36. The summed E-state index contributed by atoms with van der Waals surface area (Å²) >= 11 is 0. The van der Waals surface area contributed by atoms with E-state index in [9.17, 15) is 0 Å². The molecule has 0 aromatic carbocycles. The van der Waals surface area contributed by atoms with Crippen LogP contribution < -0.4 is 5.32 Å². The second-order valence-electron chi connectivity index (χ2n) is 4.36. The van der Waals surface area contributed by atoms with Gasteiger partial charge < -0.3 is 10.1 Å². The van der Waals surface area contributed by atoms with E-state index in [0.29, 0.717) is 18.1 Å². The molecule has 2 unspecified atom stereocenters. The number of hydrogen-bond acceptors (Lipinski definition) is 3. The molecule has 0 radical (unpaired) electrons. The fourth-order valence-corrected chi connectivity index (χ4v) is 2.18. The van der Waals surface area contributed by atoms with Gasteiger partial charge in [0.2, 0.25) is 0 Å². The smallest absolute Gasteiger partial charge is 0.0857 e. The summed E-state index contributed by atoms with van der Waals surface area (Å²) in [7, 11) is 2.03. The van der Waals surface area contributed by atoms with E-state index in [-0.39, 0.29) is 0 Å². The molecule has 3 nitrogen and oxygen atoms in total. The fourth-order valence-electron chi connectivity index (χ4n) is 2.18. The predicted molar refractivity (Wildman–Crippen MR) is 59.5 cm³/mol. The predicted octanol–water partition coefficient (Wildman–Crippen LogP) is 0.951. The Morgan fingerprint density at radius 3 is 2.71 bits per heavy atom. The average Bonchev–Trinajstić information content (AvgIpc) is 2.19. The van der Waals surface area contributed by atoms with Crippen molar-refractivity contribution in [3.8, 4) is 0 Å². The molecule has 84 valence electrons. The minimum absolute atomic E-state index is 0.355. The standard InChI is InChI=1S/C11H24N2O/c1-5-13-6-7-14-10(8-13)11(12-4)9(2)3/h9-12H,5-8H2,1-4H3. The van der Waals surface area contributed by atoms with E-state index < -0.39 is 0 Å². The molecular weight excluding hydrogens is 176 g/mol. The molecule has 14 heavy (non-hydrogen) atoms. The first-order valence-electron chi connectivity index (χ1n) is 5.70. The molecule has 0 aliphatic carbocycles. The molecular formula is C11H24N2O. The lowest BCUT2D eigenvalue weighted by Gasteiger charge is -2.38. The van der Waals surface area contributed by atoms with Crippen LogP contribution in [0.3, 0.4) is 0 Å². The van der Waals surface area contributed by atoms with Crippen LogP contribution >= 0.6 is 0 Å². The van der Waals surface area contributed by atoms with E-state index in [1.54, 1.807) is 0 Å². The Balaban J connectivity index is 2.48. The van der Waals surface area contributed by atoms with Crippen molar-refractivity contribution in [2.24, 2.45) is 5.92 Å². The summed E-state index contributed by atoms with van der Waals surface area (Å²) < 4.78 is 5.82. The van der Waals surface area contributed by atoms with Gasteiger partial charge in [0.15, 0.2) is 0 Å². The highest BCUT2D eigenvalue weighted by atomic mass is 16.5. The summed E-state index contributed by atoms with van der Waals surface area (Å²) in [5.41, 5.74) is 0. The van der Waals surface area contributed by atoms with E-state index in [1.165, 1.54) is 0 Å². The Morgan fingerprint density at radius 2 is 2.21 bits per heavy atom. The van der Waals surface area contributed by atoms with Crippen molar-refractivity contribution in [1.82, 2.24) is 10.2 Å². The van der Waals surface area contributed by atoms with Gasteiger partial charge in [0.1, 0.15) is 0 Å². The molecule has 1 saturated heterocycles. The van der Waals surface area contributed by atoms with Crippen LogP contribution in [0.15, 0.2) is 0 Å². The number of rotatable bonds is 4. The van der Waals surface area contributed by atoms with Crippen LogP contribution in [0.1, 0.15) is 20.8 Å². The molecule has 3 heteroatoms. The van der Waals surface area contributed by atoms with Gasteiger partial charge in [-0.1, -0.05) is 20.8 Å². The average molecular weight is 200 g/mol. The van der Waals surface area contributed by atoms with E-state index >= 15 is 0 Å². The van der Waals surface area contributed by atoms with Crippen LogP contribution in [0, 0.1) is 5.92 Å². The highest BCUT2D eigenvalue weighted by molar-refractivity contribution is 4.83. The third kappa shape index (κ3) is 2.94. The molecule has 1 rings (SSSR count). The summed E-state index contributed by atoms with van der Waals surface area (Å²) in [6.45, 7) is 10.9. The maximum absolute atomic E-state index is 5.82. The van der Waals surface area contributed by atoms with Gasteiger partial charge in [-0.05, 0) is 19.5 Å². The first-order chi connectivity index (χ1) is 6.69. The zero-order chi connectivity index (χ0) is 10.6. The Labute approximate surface area is 87.8 Å². The molecule has 0 aromatic rings. The lowest BCUT2D eigenvalue weighted by Crippen LogP contribution is -2.53. The second kappa shape index (κ2) is 5.69. The highest BCUT2D eigenvalue weighted by Gasteiger charge is 2.28. The Morgan fingerprint density at radius 1 is 1.50 bits per heavy atom. The first-order valence-corrected chi connectivity index (χ1v) is 5.70. The molecule has 1 N–H and O–H groups in total. The summed E-state index contributed by atoms with van der Waals surface area (Å²) in [4.78, 5) is 2.46. The quantitative estimate of drug-likeness (QED) is 0.731. The van der Waals surface area contributed by atoms with Crippen molar-refractivity contribution in [3.05, 3.63) is 0 Å². The third-order valence-corrected chi connectivity index (χ3v) is 3.08. The molecule has 1 heterocycles. The summed E-state index contributed by atoms with van der Waals surface area (Å²) in [5.74, 6) is 0.627. The summed E-state index contributed by atoms with van der Waals surface area (Å²) in [6, 6.07) is 0.476. The van der Waals surface area contributed by atoms with E-state index in [0.717, 1.165) is 26.2 Å². The van der Waals surface area contributed by atoms with Crippen LogP contribution in [0.25, 0.3) is 0 Å². The Hall–Kier alpha value is -0.120. The Kier molecular flexibility index (Phi) is 4.85. The van der Waals surface area contributed by atoms with Crippen molar-refractivity contribution in [3.63, 3.8) is 0 Å². The zero-order valence-electron chi connectivity index (χ0n) is 9.92. The molecule has 0 amide bonds. The van der Waals surface area contributed by atoms with Gasteiger partial charge in [-0.3, -0.25) is 4.90 Å². The van der Waals surface area contributed by atoms with Gasteiger partial charge in [0.25, 0.3) is 0 Å². The lowest BCUT2D eigenvalue weighted by molar-refractivity contribution is -0.0512. The van der Waals surface area contributed by atoms with Gasteiger partial charge in [-0.2, -0.15) is 0 Å². The minimum Gasteiger partial charge on any atom is -0.374 e. The van der Waals surface area contributed by atoms with Gasteiger partial charge in [-0.25, -0.2) is 0 Å². The van der Waals surface area contributed by atoms with E-state index in [4.69, 9.17) is 4.74 Å². The normalized spacial score (nSPS) is 26.8. The number of nitrogens with one attached hydrogen (secondary N) is 1. The van der Waals surface area contributed by atoms with Crippen LogP contribution in [0.2, 0.25) is 0 Å². The van der Waals surface area contributed by atoms with Crippen molar-refractivity contribution < 1.29 is 4.74 Å². The minimum atomic E-state index is 0.355. The van der Waals surface area contributed by atoms with Gasteiger partial charge in [0, 0.05) is 19.1 Å². The monoisotopic (exact) mass is 200 g/mol. The number of likely N-dealkylation sites (N-methyl/N-ethyl adjacent to an activating group) is 2. The summed E-state index contributed by atoms with van der Waals surface area (Å²) in [6.07, 6.45) is 0.355. The first kappa shape index (κ1) is 12.0. The topological polar surface area (TPSA) is 24.5 Å². The molecule has 2 atom stereocenters. The van der Waals surface area contributed by atoms with Crippen LogP contribution in [-0.4, -0.2) is 50.3 Å². The largest absolute Gasteiger partial charge is 0.374 e. The van der Waals surface area contributed by atoms with Crippen LogP contribution in [0.4, 0.5) is 0 Å². The zero-order valence-corrected chi connectivity index (χ0v) is 9.92. The van der Waals surface area contributed by atoms with Crippen molar-refractivity contribution in [2.75, 3.05) is 33.3 Å². The Bertz CT molecular complexity index is 161. The lowest BCUT2D eigenvalue weighted by atomic mass is 9.97. The van der Waals surface area contributed by atoms with Crippen LogP contribution in [0.5, 0.6) is 0 Å². The van der Waals surface area contributed by atoms with E-state index in [2.05, 4.69) is 31.0 Å². The molecule has 1 aliphatic rings. The molecule has 1 aliphatic heterocycles. The van der Waals surface area contributed by atoms with Gasteiger partial charge in [0.05, 0.1) is 12.7 Å². The fraction of sp³-hybridized carbons (Fsp3) is 1.00. The second-order valence-corrected chi connectivity index (χ2v) is 4.36. The van der Waals surface area contributed by atoms with Gasteiger partial charge in [-0.15, -0.1) is 0 Å². The SMILES string of the molecule is CCN1CCOC(C(NC)C(C)C)C1. The van der Waals surface area contributed by atoms with Crippen LogP contribution in [-0.2, 0) is 4.74 Å². The maximum atomic E-state index is 5.82. The maximum Gasteiger partial charge on any atom is 0.0857 e. The van der Waals surface area contributed by atoms with Gasteiger partial charge >= 0.3 is 0 Å². The number of hydrogen-bond donors (Lipinski definition) is 1. The number of ether oxygens (including phenoxy) is 1. The van der Waals surface area contributed by atoms with Crippen molar-refractivity contribution >= 4 is 0 Å². The van der Waals surface area contributed by atoms with Crippen molar-refractivity contribution in [2.45, 2.75) is 32.9 Å². The molecule has 1 fully saturated rings. The molecule has 0 saturated carbocycles. The molecule has 0 bridgehead atoms. The molecule has 0 aromatic heterocycles. The molecule has 0 spiro atoms.